The van der Waals surface area contributed by atoms with E-state index in [2.05, 4.69) is 306 Å². The van der Waals surface area contributed by atoms with Crippen LogP contribution in [0.15, 0.2) is 458 Å². The lowest BCUT2D eigenvalue weighted by Gasteiger charge is -2.15. The van der Waals surface area contributed by atoms with E-state index in [4.69, 9.17) is 48.7 Å². The van der Waals surface area contributed by atoms with Crippen LogP contribution >= 0.6 is 0 Å². The van der Waals surface area contributed by atoms with Gasteiger partial charge in [-0.25, -0.2) is 29.9 Å². The second-order valence-corrected chi connectivity index (χ2v) is 32.4. The Morgan fingerprint density at radius 2 is 0.569 bits per heavy atom. The summed E-state index contributed by atoms with van der Waals surface area (Å²) in [6.07, 6.45) is 3.94. The molecule has 0 radical (unpaired) electrons. The first-order chi connectivity index (χ1) is 64.5. The second kappa shape index (κ2) is 32.4. The first kappa shape index (κ1) is 76.0. The first-order valence-corrected chi connectivity index (χ1v) is 43.5. The third-order valence-electron chi connectivity index (χ3n) is 24.6. The van der Waals surface area contributed by atoms with Crippen molar-refractivity contribution in [3.05, 3.63) is 449 Å². The van der Waals surface area contributed by atoms with E-state index < -0.39 is 0 Å². The predicted octanol–water partition coefficient (Wildman–Crippen LogP) is 30.2. The molecule has 0 amide bonds. The lowest BCUT2D eigenvalue weighted by atomic mass is 9.91. The van der Waals surface area contributed by atoms with E-state index in [-0.39, 0.29) is 0 Å². The van der Waals surface area contributed by atoms with Gasteiger partial charge in [0, 0.05) is 112 Å². The molecule has 12 nitrogen and oxygen atoms in total. The molecule has 0 saturated carbocycles. The molecule has 0 atom stereocenters. The average Bonchev–Trinajstić information content (AvgIpc) is 1.55. The fraction of sp³-hybridized carbons (Fsp3) is 0. The Bertz CT molecular complexity index is 8510. The Hall–Kier alpha value is -17.7. The van der Waals surface area contributed by atoms with Gasteiger partial charge in [-0.15, -0.1) is 0 Å². The summed E-state index contributed by atoms with van der Waals surface area (Å²) in [5, 5.41) is 8.55. The van der Waals surface area contributed by atoms with Gasteiger partial charge in [0.1, 0.15) is 22.3 Å². The van der Waals surface area contributed by atoms with E-state index in [1.165, 1.54) is 5.39 Å². The molecule has 8 heterocycles. The van der Waals surface area contributed by atoms with E-state index in [0.717, 1.165) is 199 Å². The molecule has 0 aliphatic carbocycles. The number of rotatable bonds is 15. The lowest BCUT2D eigenvalue weighted by Crippen LogP contribution is -2.02. The fourth-order valence-corrected chi connectivity index (χ4v) is 18.6. The van der Waals surface area contributed by atoms with Crippen LogP contribution in [0.2, 0.25) is 0 Å². The fourth-order valence-electron chi connectivity index (χ4n) is 18.6. The molecule has 0 unspecified atom stereocenters. The minimum Gasteiger partial charge on any atom is -0.456 e. The highest BCUT2D eigenvalue weighted by Crippen LogP contribution is 2.49. The first-order valence-electron chi connectivity index (χ1n) is 43.5. The Balaban J connectivity index is 0.000000145. The lowest BCUT2D eigenvalue weighted by molar-refractivity contribution is 0.669. The Labute approximate surface area is 747 Å². The van der Waals surface area contributed by atoms with Gasteiger partial charge in [0.05, 0.1) is 44.2 Å². The van der Waals surface area contributed by atoms with E-state index in [9.17, 15) is 0 Å². The standard InChI is InChI=1S/C62H39N5O.C56H35N5O/c1-6-19-40(20-7-1)47-34-33-44(37-52(47)41-21-8-2-9-22-41)45-38-53(62-65-60(42-23-10-3-11-24-42)64-61(66-62)43-25-12-4-13-26-43)57(63-39-45)51-31-18-30-48-49-35-36-55-56(59(49)68-58(48)51)50-29-16-17-32-54(50)67(55)46-27-14-5-15-28-46;1-5-17-36(18-6-1)39-23-15-24-40(33-39)41-34-46(56-59-54(37-19-7-2-8-20-37)58-55(60-56)38-21-9-3-10-22-38)52(57-35-41)45-28-16-30-48-50(45)51-49(62-48)32-31-44-43-27-13-14-29-47(43)61(53(44)51)42-25-11-4-12-26-42/h1-39H;1-35H. The zero-order valence-electron chi connectivity index (χ0n) is 70.0. The molecule has 0 saturated heterocycles. The number of hydrogen-bond acceptors (Lipinski definition) is 10. The third-order valence-corrected chi connectivity index (χ3v) is 24.6. The van der Waals surface area contributed by atoms with Gasteiger partial charge in [-0.2, -0.15) is 0 Å². The summed E-state index contributed by atoms with van der Waals surface area (Å²) in [5.74, 6) is 3.34. The van der Waals surface area contributed by atoms with Gasteiger partial charge >= 0.3 is 0 Å². The summed E-state index contributed by atoms with van der Waals surface area (Å²) < 4.78 is 18.7. The van der Waals surface area contributed by atoms with Crippen LogP contribution in [0.25, 0.3) is 245 Å². The summed E-state index contributed by atoms with van der Waals surface area (Å²) in [7, 11) is 0. The van der Waals surface area contributed by atoms with Crippen LogP contribution in [0, 0.1) is 0 Å². The number of benzene rings is 17. The molecule has 17 aromatic carbocycles. The van der Waals surface area contributed by atoms with Gasteiger partial charge in [0.2, 0.25) is 0 Å². The Morgan fingerprint density at radius 3 is 1.12 bits per heavy atom. The summed E-state index contributed by atoms with van der Waals surface area (Å²) in [4.78, 5) is 42.0. The molecule has 0 aliphatic heterocycles. The molecular weight excluding hydrogens is 1590 g/mol. The maximum Gasteiger partial charge on any atom is 0.166 e. The van der Waals surface area contributed by atoms with Crippen molar-refractivity contribution in [2.45, 2.75) is 0 Å². The molecule has 608 valence electrons. The maximum atomic E-state index is 7.21. The number of nitrogens with zero attached hydrogens (tertiary/aromatic N) is 10. The topological polar surface area (TPSA) is 139 Å². The van der Waals surface area contributed by atoms with Crippen LogP contribution in [0.1, 0.15) is 0 Å². The van der Waals surface area contributed by atoms with Crippen LogP contribution in [0.4, 0.5) is 0 Å². The zero-order chi connectivity index (χ0) is 86.0. The van der Waals surface area contributed by atoms with Crippen molar-refractivity contribution in [2.75, 3.05) is 0 Å². The SMILES string of the molecule is c1ccc(-c2cccc(-c3cnc(-c4cccc5oc6ccc7c8ccccc8n(-c8ccccc8)c7c6c45)c(-c4nc(-c5ccccc5)nc(-c5ccccc5)n4)c3)c2)cc1.c1ccc(-c2nc(-c3ccccc3)nc(-c3cc(-c4ccc(-c5ccccc5)c(-c5ccccc5)c4)cnc3-c3cccc4c3oc3c4ccc4c3c3ccccc3n4-c3ccccc3)n2)cc1. The van der Waals surface area contributed by atoms with Gasteiger partial charge in [-0.3, -0.25) is 9.97 Å². The summed E-state index contributed by atoms with van der Waals surface area (Å²) >= 11 is 0. The van der Waals surface area contributed by atoms with Crippen LogP contribution in [-0.4, -0.2) is 49.0 Å². The monoisotopic (exact) mass is 1660 g/mol. The molecule has 8 aromatic heterocycles. The van der Waals surface area contributed by atoms with Crippen molar-refractivity contribution < 1.29 is 8.83 Å². The van der Waals surface area contributed by atoms with Crippen molar-refractivity contribution >= 4 is 87.5 Å². The van der Waals surface area contributed by atoms with Gasteiger partial charge in [-0.05, 0) is 142 Å². The molecular formula is C118H74N10O2. The van der Waals surface area contributed by atoms with Crippen LogP contribution in [0.3, 0.4) is 0 Å². The molecule has 12 heteroatoms. The number of pyridine rings is 2. The third kappa shape index (κ3) is 13.6. The summed E-state index contributed by atoms with van der Waals surface area (Å²) in [5.41, 5.74) is 28.8. The van der Waals surface area contributed by atoms with Crippen molar-refractivity contribution in [1.29, 1.82) is 0 Å². The number of aromatic nitrogens is 10. The zero-order valence-corrected chi connectivity index (χ0v) is 70.0. The highest BCUT2D eigenvalue weighted by Gasteiger charge is 2.29. The Kier molecular flexibility index (Phi) is 18.9. The van der Waals surface area contributed by atoms with E-state index in [1.807, 2.05) is 152 Å². The molecule has 0 bridgehead atoms. The van der Waals surface area contributed by atoms with Crippen molar-refractivity contribution in [3.63, 3.8) is 0 Å². The largest absolute Gasteiger partial charge is 0.456 e. The van der Waals surface area contributed by atoms with Crippen molar-refractivity contribution in [1.82, 2.24) is 49.0 Å². The maximum absolute atomic E-state index is 7.21. The molecule has 25 rings (SSSR count). The van der Waals surface area contributed by atoms with Crippen LogP contribution in [0.5, 0.6) is 0 Å². The molecule has 0 fully saturated rings. The van der Waals surface area contributed by atoms with Gasteiger partial charge in [0.15, 0.2) is 34.9 Å². The number of hydrogen-bond donors (Lipinski definition) is 0. The van der Waals surface area contributed by atoms with Crippen LogP contribution in [-0.2, 0) is 0 Å². The van der Waals surface area contributed by atoms with Gasteiger partial charge in [0.25, 0.3) is 0 Å². The predicted molar refractivity (Wildman–Crippen MR) is 529 cm³/mol. The average molecular weight is 1660 g/mol. The second-order valence-electron chi connectivity index (χ2n) is 32.4. The highest BCUT2D eigenvalue weighted by atomic mass is 16.3. The van der Waals surface area contributed by atoms with E-state index in [1.54, 1.807) is 0 Å². The highest BCUT2D eigenvalue weighted by molar-refractivity contribution is 6.28. The Morgan fingerprint density at radius 1 is 0.185 bits per heavy atom. The van der Waals surface area contributed by atoms with Crippen molar-refractivity contribution in [3.8, 4) is 158 Å². The molecule has 0 spiro atoms. The quantitative estimate of drug-likeness (QED) is 0.0974. The molecule has 25 aromatic rings. The van der Waals surface area contributed by atoms with Gasteiger partial charge in [-0.1, -0.05) is 340 Å². The minimum atomic E-state index is 0.507. The molecule has 130 heavy (non-hydrogen) atoms. The summed E-state index contributed by atoms with van der Waals surface area (Å²) in [6, 6.07) is 151. The van der Waals surface area contributed by atoms with Gasteiger partial charge < -0.3 is 18.0 Å². The van der Waals surface area contributed by atoms with Crippen LogP contribution < -0.4 is 0 Å². The van der Waals surface area contributed by atoms with E-state index >= 15 is 0 Å². The minimum absolute atomic E-state index is 0.507. The van der Waals surface area contributed by atoms with E-state index in [0.29, 0.717) is 40.6 Å². The number of fused-ring (bicyclic) bond motifs is 14. The molecule has 0 aliphatic rings. The number of furan rings is 2. The normalized spacial score (nSPS) is 11.5. The number of para-hydroxylation sites is 5. The van der Waals surface area contributed by atoms with Crippen molar-refractivity contribution in [2.24, 2.45) is 0 Å². The smallest absolute Gasteiger partial charge is 0.166 e. The molecule has 0 N–H and O–H groups in total. The summed E-state index contributed by atoms with van der Waals surface area (Å²) in [6.45, 7) is 0.